The van der Waals surface area contributed by atoms with Crippen LogP contribution in [0.1, 0.15) is 12.8 Å². The molecule has 0 aromatic carbocycles. The van der Waals surface area contributed by atoms with Crippen molar-refractivity contribution in [2.24, 2.45) is 0 Å². The van der Waals surface area contributed by atoms with Crippen molar-refractivity contribution in [3.05, 3.63) is 0 Å². The van der Waals surface area contributed by atoms with Gasteiger partial charge in [-0.2, -0.15) is 0 Å². The fourth-order valence-corrected chi connectivity index (χ4v) is 2.15. The van der Waals surface area contributed by atoms with E-state index < -0.39 is 0 Å². The fraction of sp³-hybridized carbons (Fsp3) is 1.00. The molecule has 15 heavy (non-hydrogen) atoms. The van der Waals surface area contributed by atoms with E-state index in [1.165, 1.54) is 12.8 Å². The lowest BCUT2D eigenvalue weighted by molar-refractivity contribution is 0.0365. The maximum atomic E-state index is 5.33. The molecule has 0 amide bonds. The van der Waals surface area contributed by atoms with Crippen LogP contribution in [-0.4, -0.2) is 63.5 Å². The molecule has 4 nitrogen and oxygen atoms in total. The van der Waals surface area contributed by atoms with Gasteiger partial charge in [-0.25, -0.2) is 0 Å². The Morgan fingerprint density at radius 3 is 2.40 bits per heavy atom. The van der Waals surface area contributed by atoms with E-state index in [0.29, 0.717) is 6.04 Å². The Balaban J connectivity index is 1.53. The van der Waals surface area contributed by atoms with E-state index in [4.69, 9.17) is 9.47 Å². The summed E-state index contributed by atoms with van der Waals surface area (Å²) in [7, 11) is 0. The largest absolute Gasteiger partial charge is 0.381 e. The summed E-state index contributed by atoms with van der Waals surface area (Å²) in [6.45, 7) is 8.09. The highest BCUT2D eigenvalue weighted by Gasteiger charge is 2.14. The van der Waals surface area contributed by atoms with Gasteiger partial charge in [0.25, 0.3) is 0 Å². The third-order valence-electron chi connectivity index (χ3n) is 3.19. The van der Waals surface area contributed by atoms with E-state index >= 15 is 0 Å². The molecule has 0 atom stereocenters. The minimum atomic E-state index is 0.680. The van der Waals surface area contributed by atoms with E-state index in [0.717, 1.165) is 52.6 Å². The summed E-state index contributed by atoms with van der Waals surface area (Å²) < 4.78 is 10.6. The van der Waals surface area contributed by atoms with E-state index in [9.17, 15) is 0 Å². The topological polar surface area (TPSA) is 33.7 Å². The Hall–Kier alpha value is -0.160. The third kappa shape index (κ3) is 4.07. The highest BCUT2D eigenvalue weighted by atomic mass is 16.5. The van der Waals surface area contributed by atoms with Crippen LogP contribution < -0.4 is 5.32 Å². The first-order valence-corrected chi connectivity index (χ1v) is 6.06. The second-order valence-corrected chi connectivity index (χ2v) is 4.29. The fourth-order valence-electron chi connectivity index (χ4n) is 2.15. The number of nitrogens with one attached hydrogen (secondary N) is 1. The van der Waals surface area contributed by atoms with Crippen LogP contribution in [0.5, 0.6) is 0 Å². The van der Waals surface area contributed by atoms with E-state index in [2.05, 4.69) is 10.2 Å². The summed E-state index contributed by atoms with van der Waals surface area (Å²) in [5.74, 6) is 0. The summed E-state index contributed by atoms with van der Waals surface area (Å²) in [4.78, 5) is 2.47. The summed E-state index contributed by atoms with van der Waals surface area (Å²) in [5, 5.41) is 3.61. The molecule has 2 aliphatic rings. The summed E-state index contributed by atoms with van der Waals surface area (Å²) in [5.41, 5.74) is 0. The number of nitrogens with zero attached hydrogens (tertiary/aromatic N) is 1. The van der Waals surface area contributed by atoms with Gasteiger partial charge in [0.15, 0.2) is 0 Å². The number of rotatable bonds is 4. The van der Waals surface area contributed by atoms with Gasteiger partial charge in [0.1, 0.15) is 0 Å². The molecule has 4 heteroatoms. The number of ether oxygens (including phenoxy) is 2. The first-order chi connectivity index (χ1) is 7.45. The van der Waals surface area contributed by atoms with Crippen LogP contribution in [0.2, 0.25) is 0 Å². The molecule has 0 unspecified atom stereocenters. The molecular formula is C11H22N2O2. The smallest absolute Gasteiger partial charge is 0.0594 e. The SMILES string of the molecule is C(CN1CCOCC1)NC1CCOCC1. The van der Waals surface area contributed by atoms with Crippen molar-refractivity contribution >= 4 is 0 Å². The molecule has 88 valence electrons. The average molecular weight is 214 g/mol. The molecule has 0 radical (unpaired) electrons. The standard InChI is InChI=1S/C11H22N2O2/c1-7-14-8-2-11(1)12-3-4-13-5-9-15-10-6-13/h11-12H,1-10H2. The highest BCUT2D eigenvalue weighted by molar-refractivity contribution is 4.71. The predicted octanol–water partition coefficient (Wildman–Crippen LogP) is 0.0872. The van der Waals surface area contributed by atoms with Crippen molar-refractivity contribution in [3.8, 4) is 0 Å². The van der Waals surface area contributed by atoms with Gasteiger partial charge in [0.2, 0.25) is 0 Å². The summed E-state index contributed by atoms with van der Waals surface area (Å²) in [6, 6.07) is 0.680. The second-order valence-electron chi connectivity index (χ2n) is 4.29. The molecule has 2 fully saturated rings. The molecule has 0 aromatic heterocycles. The van der Waals surface area contributed by atoms with Crippen LogP contribution in [0.4, 0.5) is 0 Å². The second kappa shape index (κ2) is 6.43. The highest BCUT2D eigenvalue weighted by Crippen LogP contribution is 2.05. The normalized spacial score (nSPS) is 25.6. The van der Waals surface area contributed by atoms with Crippen molar-refractivity contribution in [2.75, 3.05) is 52.6 Å². The first-order valence-electron chi connectivity index (χ1n) is 6.06. The van der Waals surface area contributed by atoms with Crippen LogP contribution in [0, 0.1) is 0 Å². The van der Waals surface area contributed by atoms with E-state index in [-0.39, 0.29) is 0 Å². The van der Waals surface area contributed by atoms with Gasteiger partial charge in [0, 0.05) is 45.4 Å². The zero-order valence-corrected chi connectivity index (χ0v) is 9.41. The average Bonchev–Trinajstić information content (AvgIpc) is 2.32. The number of hydrogen-bond acceptors (Lipinski definition) is 4. The molecule has 1 N–H and O–H groups in total. The molecule has 0 aliphatic carbocycles. The summed E-state index contributed by atoms with van der Waals surface area (Å²) in [6.07, 6.45) is 2.34. The Morgan fingerprint density at radius 2 is 1.67 bits per heavy atom. The van der Waals surface area contributed by atoms with Gasteiger partial charge in [-0.15, -0.1) is 0 Å². The lowest BCUT2D eigenvalue weighted by Gasteiger charge is -2.28. The van der Waals surface area contributed by atoms with Crippen LogP contribution in [0.3, 0.4) is 0 Å². The Morgan fingerprint density at radius 1 is 1.00 bits per heavy atom. The minimum absolute atomic E-state index is 0.680. The molecule has 0 aromatic rings. The molecule has 2 heterocycles. The summed E-state index contributed by atoms with van der Waals surface area (Å²) >= 11 is 0. The van der Waals surface area contributed by atoms with E-state index in [1.54, 1.807) is 0 Å². The van der Waals surface area contributed by atoms with Crippen molar-refractivity contribution < 1.29 is 9.47 Å². The van der Waals surface area contributed by atoms with Gasteiger partial charge in [0.05, 0.1) is 13.2 Å². The van der Waals surface area contributed by atoms with Crippen LogP contribution in [0.15, 0.2) is 0 Å². The third-order valence-corrected chi connectivity index (χ3v) is 3.19. The lowest BCUT2D eigenvalue weighted by Crippen LogP contribution is -2.43. The maximum Gasteiger partial charge on any atom is 0.0594 e. The number of morpholine rings is 1. The van der Waals surface area contributed by atoms with Crippen LogP contribution >= 0.6 is 0 Å². The van der Waals surface area contributed by atoms with Gasteiger partial charge in [-0.3, -0.25) is 4.90 Å². The predicted molar refractivity (Wildman–Crippen MR) is 59.1 cm³/mol. The van der Waals surface area contributed by atoms with Gasteiger partial charge < -0.3 is 14.8 Å². The quantitative estimate of drug-likeness (QED) is 0.719. The molecule has 0 spiro atoms. The monoisotopic (exact) mass is 214 g/mol. The zero-order valence-electron chi connectivity index (χ0n) is 9.41. The first kappa shape index (κ1) is 11.3. The van der Waals surface area contributed by atoms with Crippen molar-refractivity contribution in [1.29, 1.82) is 0 Å². The molecular weight excluding hydrogens is 192 g/mol. The van der Waals surface area contributed by atoms with Gasteiger partial charge in [-0.1, -0.05) is 0 Å². The van der Waals surface area contributed by atoms with Crippen molar-refractivity contribution in [3.63, 3.8) is 0 Å². The van der Waals surface area contributed by atoms with Crippen molar-refractivity contribution in [1.82, 2.24) is 10.2 Å². The van der Waals surface area contributed by atoms with Crippen LogP contribution in [-0.2, 0) is 9.47 Å². The zero-order chi connectivity index (χ0) is 10.3. The lowest BCUT2D eigenvalue weighted by atomic mass is 10.1. The van der Waals surface area contributed by atoms with Gasteiger partial charge in [-0.05, 0) is 12.8 Å². The Kier molecular flexibility index (Phi) is 4.86. The molecule has 2 saturated heterocycles. The van der Waals surface area contributed by atoms with Crippen molar-refractivity contribution in [2.45, 2.75) is 18.9 Å². The van der Waals surface area contributed by atoms with Gasteiger partial charge >= 0.3 is 0 Å². The minimum Gasteiger partial charge on any atom is -0.381 e. The molecule has 2 rings (SSSR count). The molecule has 0 saturated carbocycles. The molecule has 2 aliphatic heterocycles. The maximum absolute atomic E-state index is 5.33. The van der Waals surface area contributed by atoms with Crippen LogP contribution in [0.25, 0.3) is 0 Å². The number of hydrogen-bond donors (Lipinski definition) is 1. The Labute approximate surface area is 91.9 Å². The van der Waals surface area contributed by atoms with E-state index in [1.807, 2.05) is 0 Å². The Bertz CT molecular complexity index is 148. The molecule has 0 bridgehead atoms.